The fourth-order valence-corrected chi connectivity index (χ4v) is 4.04. The Labute approximate surface area is 172 Å². The maximum Gasteiger partial charge on any atom is 0.279 e. The first kappa shape index (κ1) is 21.4. The van der Waals surface area contributed by atoms with Gasteiger partial charge in [-0.25, -0.2) is 17.2 Å². The highest BCUT2D eigenvalue weighted by Crippen LogP contribution is 2.41. The summed E-state index contributed by atoms with van der Waals surface area (Å²) in [5.41, 5.74) is 0. The summed E-state index contributed by atoms with van der Waals surface area (Å²) in [6.45, 7) is 0.759. The van der Waals surface area contributed by atoms with Crippen LogP contribution in [0, 0.1) is 5.92 Å². The van der Waals surface area contributed by atoms with Gasteiger partial charge in [-0.15, -0.1) is 11.3 Å². The maximum atomic E-state index is 13.8. The molecule has 9 heteroatoms. The number of hydrogen-bond acceptors (Lipinski definition) is 5. The van der Waals surface area contributed by atoms with Crippen molar-refractivity contribution in [1.29, 1.82) is 0 Å². The number of halogens is 2. The molecule has 1 atom stereocenters. The highest BCUT2D eigenvalue weighted by Gasteiger charge is 2.34. The zero-order chi connectivity index (χ0) is 21.2. The Morgan fingerprint density at radius 2 is 1.97 bits per heavy atom. The van der Waals surface area contributed by atoms with Crippen molar-refractivity contribution in [2.24, 2.45) is 5.92 Å². The summed E-state index contributed by atoms with van der Waals surface area (Å²) in [6.07, 6.45) is 4.21. The second-order valence-corrected chi connectivity index (χ2v) is 10.1. The van der Waals surface area contributed by atoms with Crippen LogP contribution in [0.15, 0.2) is 47.9 Å². The van der Waals surface area contributed by atoms with E-state index in [-0.39, 0.29) is 21.4 Å². The Morgan fingerprint density at radius 3 is 2.52 bits per heavy atom. The lowest BCUT2D eigenvalue weighted by Crippen LogP contribution is -2.34. The number of rotatable bonds is 8. The average molecular weight is 442 g/mol. The molecule has 0 spiro atoms. The molecule has 1 amide bonds. The highest BCUT2D eigenvalue weighted by atomic mass is 32.2. The molecule has 1 aliphatic rings. The lowest BCUT2D eigenvalue weighted by atomic mass is 10.2. The molecule has 0 unspecified atom stereocenters. The van der Waals surface area contributed by atoms with E-state index in [1.807, 2.05) is 0 Å². The Balaban J connectivity index is 1.88. The van der Waals surface area contributed by atoms with Gasteiger partial charge in [0.2, 0.25) is 0 Å². The summed E-state index contributed by atoms with van der Waals surface area (Å²) >= 11 is 0.662. The van der Waals surface area contributed by atoms with E-state index in [1.165, 1.54) is 12.1 Å². The third kappa shape index (κ3) is 6.11. The number of amides is 1. The van der Waals surface area contributed by atoms with Crippen LogP contribution in [0.3, 0.4) is 0 Å². The number of sulfone groups is 1. The number of carbonyl (C=O) groups is 1. The number of ether oxygens (including phenoxy) is 1. The van der Waals surface area contributed by atoms with E-state index in [9.17, 15) is 22.0 Å². The van der Waals surface area contributed by atoms with Gasteiger partial charge in [-0.3, -0.25) is 4.79 Å². The fourth-order valence-electron chi connectivity index (χ4n) is 2.66. The molecule has 156 valence electrons. The maximum absolute atomic E-state index is 13.8. The average Bonchev–Trinajstić information content (AvgIpc) is 3.37. The summed E-state index contributed by atoms with van der Waals surface area (Å²) < 4.78 is 56.2. The Bertz CT molecular complexity index is 1010. The second-order valence-electron chi connectivity index (χ2n) is 7.10. The van der Waals surface area contributed by atoms with Crippen molar-refractivity contribution in [3.05, 3.63) is 57.6 Å². The lowest BCUT2D eigenvalue weighted by Gasteiger charge is -2.14. The third-order valence-electron chi connectivity index (χ3n) is 4.27. The molecular weight excluding hydrogens is 420 g/mol. The summed E-state index contributed by atoms with van der Waals surface area (Å²) in [7, 11) is -3.34. The number of para-hydroxylation sites is 1. The molecular formula is C20H21F2NO4S2. The number of thiophene rings is 1. The zero-order valence-electron chi connectivity index (χ0n) is 15.9. The molecule has 0 aliphatic heterocycles. The van der Waals surface area contributed by atoms with Gasteiger partial charge in [0, 0.05) is 24.7 Å². The molecule has 5 nitrogen and oxygen atoms in total. The smallest absolute Gasteiger partial charge is 0.279 e. The summed E-state index contributed by atoms with van der Waals surface area (Å²) in [6, 6.07) is 9.25. The predicted molar refractivity (Wildman–Crippen MR) is 108 cm³/mol. The molecule has 1 aromatic carbocycles. The SMILES string of the molecule is CC(F)(F)c1cc(Oc2ccccc2)c(C(=O)N[C@H](/C=C/S(C)(=O)=O)C2CC2)s1. The Kier molecular flexibility index (Phi) is 6.09. The zero-order valence-corrected chi connectivity index (χ0v) is 17.5. The van der Waals surface area contributed by atoms with Gasteiger partial charge in [0.05, 0.1) is 10.9 Å². The van der Waals surface area contributed by atoms with E-state index in [0.29, 0.717) is 17.1 Å². The van der Waals surface area contributed by atoms with Gasteiger partial charge < -0.3 is 10.1 Å². The molecule has 0 bridgehead atoms. The topological polar surface area (TPSA) is 72.5 Å². The van der Waals surface area contributed by atoms with Crippen LogP contribution in [0.1, 0.15) is 34.3 Å². The van der Waals surface area contributed by atoms with Gasteiger partial charge in [0.25, 0.3) is 11.8 Å². The van der Waals surface area contributed by atoms with Crippen molar-refractivity contribution in [2.75, 3.05) is 6.26 Å². The van der Waals surface area contributed by atoms with Crippen LogP contribution in [0.2, 0.25) is 0 Å². The van der Waals surface area contributed by atoms with Gasteiger partial charge in [0.15, 0.2) is 15.6 Å². The molecule has 1 aliphatic carbocycles. The number of hydrogen-bond donors (Lipinski definition) is 1. The fraction of sp³-hybridized carbons (Fsp3) is 0.350. The van der Waals surface area contributed by atoms with E-state index in [0.717, 1.165) is 31.4 Å². The van der Waals surface area contributed by atoms with Crippen LogP contribution in [0.25, 0.3) is 0 Å². The summed E-state index contributed by atoms with van der Waals surface area (Å²) in [5, 5.41) is 3.81. The highest BCUT2D eigenvalue weighted by molar-refractivity contribution is 7.93. The van der Waals surface area contributed by atoms with Gasteiger partial charge >= 0.3 is 0 Å². The minimum atomic E-state index is -3.34. The van der Waals surface area contributed by atoms with E-state index in [4.69, 9.17) is 4.74 Å². The molecule has 0 saturated heterocycles. The van der Waals surface area contributed by atoms with E-state index < -0.39 is 27.7 Å². The van der Waals surface area contributed by atoms with Gasteiger partial charge in [-0.2, -0.15) is 0 Å². The largest absolute Gasteiger partial charge is 0.456 e. The van der Waals surface area contributed by atoms with Crippen LogP contribution in [-0.4, -0.2) is 26.6 Å². The number of carbonyl (C=O) groups excluding carboxylic acids is 1. The summed E-state index contributed by atoms with van der Waals surface area (Å²) in [5.74, 6) is -3.11. The molecule has 29 heavy (non-hydrogen) atoms. The Morgan fingerprint density at radius 1 is 1.31 bits per heavy atom. The quantitative estimate of drug-likeness (QED) is 0.644. The molecule has 1 aromatic heterocycles. The predicted octanol–water partition coefficient (Wildman–Crippen LogP) is 4.72. The van der Waals surface area contributed by atoms with Crippen molar-refractivity contribution in [3.8, 4) is 11.5 Å². The number of alkyl halides is 2. The molecule has 1 saturated carbocycles. The van der Waals surface area contributed by atoms with Gasteiger partial charge in [-0.1, -0.05) is 24.3 Å². The minimum Gasteiger partial charge on any atom is -0.456 e. The standard InChI is InChI=1S/C20H21F2NO4S2/c1-20(21,22)17-12-16(27-14-6-4-3-5-7-14)18(28-17)19(24)23-15(13-8-9-13)10-11-29(2,25)26/h3-7,10-13,15H,8-9H2,1-2H3,(H,23,24)/b11-10+/t15-/m1/s1. The Hall–Kier alpha value is -2.26. The van der Waals surface area contributed by atoms with Crippen LogP contribution >= 0.6 is 11.3 Å². The van der Waals surface area contributed by atoms with Crippen molar-refractivity contribution in [3.63, 3.8) is 0 Å². The van der Waals surface area contributed by atoms with Gasteiger partial charge in [-0.05, 0) is 30.9 Å². The molecule has 3 rings (SSSR count). The molecule has 2 aromatic rings. The molecule has 1 fully saturated rings. The van der Waals surface area contributed by atoms with Crippen molar-refractivity contribution in [2.45, 2.75) is 31.7 Å². The normalized spacial score (nSPS) is 16.0. The van der Waals surface area contributed by atoms with E-state index >= 15 is 0 Å². The van der Waals surface area contributed by atoms with Crippen molar-refractivity contribution < 1.29 is 26.7 Å². The van der Waals surface area contributed by atoms with Crippen molar-refractivity contribution in [1.82, 2.24) is 5.32 Å². The van der Waals surface area contributed by atoms with Crippen LogP contribution < -0.4 is 10.1 Å². The van der Waals surface area contributed by atoms with Crippen LogP contribution in [0.4, 0.5) is 8.78 Å². The third-order valence-corrected chi connectivity index (χ3v) is 6.21. The van der Waals surface area contributed by atoms with Crippen LogP contribution in [-0.2, 0) is 15.8 Å². The van der Waals surface area contributed by atoms with Crippen molar-refractivity contribution >= 4 is 27.1 Å². The first-order valence-electron chi connectivity index (χ1n) is 8.97. The minimum absolute atomic E-state index is 0.0174. The number of benzene rings is 1. The monoisotopic (exact) mass is 441 g/mol. The lowest BCUT2D eigenvalue weighted by molar-refractivity contribution is 0.0214. The summed E-state index contributed by atoms with van der Waals surface area (Å²) in [4.78, 5) is 12.6. The molecule has 0 radical (unpaired) electrons. The molecule has 1 heterocycles. The first-order chi connectivity index (χ1) is 13.5. The number of nitrogens with one attached hydrogen (secondary N) is 1. The van der Waals surface area contributed by atoms with E-state index in [1.54, 1.807) is 30.3 Å². The van der Waals surface area contributed by atoms with Gasteiger partial charge in [0.1, 0.15) is 10.6 Å². The van der Waals surface area contributed by atoms with Crippen LogP contribution in [0.5, 0.6) is 11.5 Å². The first-order valence-corrected chi connectivity index (χ1v) is 11.7. The molecule has 1 N–H and O–H groups in total. The second kappa shape index (κ2) is 8.23. The van der Waals surface area contributed by atoms with E-state index in [2.05, 4.69) is 5.32 Å².